The fraction of sp³-hybridized carbons (Fsp3) is 0. The first-order valence-electron chi connectivity index (χ1n) is 3.02. The van der Waals surface area contributed by atoms with Gasteiger partial charge < -0.3 is 5.73 Å². The first-order valence-corrected chi connectivity index (χ1v) is 3.82. The third-order valence-electron chi connectivity index (χ3n) is 1.38. The first-order chi connectivity index (χ1) is 5.27. The number of fused-ring (bicyclic) bond motifs is 1. The number of nitrogens with one attached hydrogen (secondary N) is 1. The number of anilines is 1. The molecule has 2 rings (SSSR count). The van der Waals surface area contributed by atoms with Crippen LogP contribution in [0.3, 0.4) is 0 Å². The van der Waals surface area contributed by atoms with Crippen LogP contribution in [-0.2, 0) is 0 Å². The van der Waals surface area contributed by atoms with E-state index >= 15 is 0 Å². The number of aromatic nitrogens is 3. The molecule has 0 saturated heterocycles. The van der Waals surface area contributed by atoms with Crippen LogP contribution in [0.15, 0.2) is 16.9 Å². The second-order valence-electron chi connectivity index (χ2n) is 2.18. The fourth-order valence-corrected chi connectivity index (χ4v) is 1.27. The maximum atomic E-state index is 5.53. The normalized spacial score (nSPS) is 10.6. The predicted molar refractivity (Wildman–Crippen MR) is 46.0 cm³/mol. The van der Waals surface area contributed by atoms with Gasteiger partial charge in [-0.2, -0.15) is 5.10 Å². The summed E-state index contributed by atoms with van der Waals surface area (Å²) in [6.45, 7) is 0. The minimum absolute atomic E-state index is 0.639. The van der Waals surface area contributed by atoms with Crippen LogP contribution in [0, 0.1) is 0 Å². The molecule has 0 fully saturated rings. The molecule has 0 aliphatic rings. The van der Waals surface area contributed by atoms with E-state index in [9.17, 15) is 0 Å². The topological polar surface area (TPSA) is 67.6 Å². The number of hydrogen-bond acceptors (Lipinski definition) is 3. The summed E-state index contributed by atoms with van der Waals surface area (Å²) in [5, 5.41) is 7.58. The molecular weight excluding hydrogens is 208 g/mol. The zero-order valence-electron chi connectivity index (χ0n) is 5.50. The number of nitrogens with two attached hydrogens (primary N) is 1. The van der Waals surface area contributed by atoms with E-state index < -0.39 is 0 Å². The van der Waals surface area contributed by atoms with Crippen molar-refractivity contribution >= 4 is 32.7 Å². The van der Waals surface area contributed by atoms with E-state index in [-0.39, 0.29) is 0 Å². The Kier molecular flexibility index (Phi) is 1.32. The van der Waals surface area contributed by atoms with E-state index in [4.69, 9.17) is 5.73 Å². The highest BCUT2D eigenvalue weighted by molar-refractivity contribution is 9.10. The summed E-state index contributed by atoms with van der Waals surface area (Å²) in [7, 11) is 0. The van der Waals surface area contributed by atoms with E-state index in [1.54, 1.807) is 6.20 Å². The van der Waals surface area contributed by atoms with Crippen molar-refractivity contribution in [1.82, 2.24) is 15.2 Å². The standard InChI is InChI=1S/C6H5BrN4/c7-5-4-1-3(8)2-9-6(4)11-10-5/h1-2H,8H2,(H,9,10,11). The molecule has 0 aliphatic heterocycles. The van der Waals surface area contributed by atoms with Gasteiger partial charge in [0.05, 0.1) is 17.3 Å². The quantitative estimate of drug-likeness (QED) is 0.692. The van der Waals surface area contributed by atoms with Crippen molar-refractivity contribution in [2.45, 2.75) is 0 Å². The molecule has 2 heterocycles. The lowest BCUT2D eigenvalue weighted by Gasteiger charge is -1.89. The molecule has 5 heteroatoms. The lowest BCUT2D eigenvalue weighted by atomic mass is 10.3. The van der Waals surface area contributed by atoms with Gasteiger partial charge in [0.1, 0.15) is 4.60 Å². The molecule has 11 heavy (non-hydrogen) atoms. The summed E-state index contributed by atoms with van der Waals surface area (Å²) in [6.07, 6.45) is 1.58. The zero-order chi connectivity index (χ0) is 7.84. The van der Waals surface area contributed by atoms with Crippen molar-refractivity contribution in [3.8, 4) is 0 Å². The molecule has 0 amide bonds. The van der Waals surface area contributed by atoms with Crippen molar-refractivity contribution in [3.05, 3.63) is 16.9 Å². The van der Waals surface area contributed by atoms with Crippen molar-refractivity contribution in [2.75, 3.05) is 5.73 Å². The minimum Gasteiger partial charge on any atom is -0.397 e. The molecule has 0 bridgehead atoms. The average Bonchev–Trinajstić information content (AvgIpc) is 2.33. The molecule has 0 aliphatic carbocycles. The van der Waals surface area contributed by atoms with Crippen molar-refractivity contribution in [2.24, 2.45) is 0 Å². The van der Waals surface area contributed by atoms with Crippen LogP contribution in [0.4, 0.5) is 5.69 Å². The van der Waals surface area contributed by atoms with Crippen LogP contribution >= 0.6 is 15.9 Å². The van der Waals surface area contributed by atoms with E-state index in [1.807, 2.05) is 6.07 Å². The van der Waals surface area contributed by atoms with Gasteiger partial charge in [-0.15, -0.1) is 0 Å². The lowest BCUT2D eigenvalue weighted by molar-refractivity contribution is 1.08. The Hall–Kier alpha value is -1.10. The number of H-pyrrole nitrogens is 1. The van der Waals surface area contributed by atoms with Gasteiger partial charge in [0, 0.05) is 0 Å². The van der Waals surface area contributed by atoms with Gasteiger partial charge in [0.15, 0.2) is 5.65 Å². The number of rotatable bonds is 0. The van der Waals surface area contributed by atoms with Gasteiger partial charge >= 0.3 is 0 Å². The third kappa shape index (κ3) is 0.970. The smallest absolute Gasteiger partial charge is 0.182 e. The fourth-order valence-electron chi connectivity index (χ4n) is 0.887. The molecule has 0 saturated carbocycles. The molecule has 0 unspecified atom stereocenters. The molecule has 0 atom stereocenters. The summed E-state index contributed by atoms with van der Waals surface area (Å²) in [6, 6.07) is 1.82. The molecule has 0 aromatic carbocycles. The first kappa shape index (κ1) is 6.60. The summed E-state index contributed by atoms with van der Waals surface area (Å²) < 4.78 is 0.812. The predicted octanol–water partition coefficient (Wildman–Crippen LogP) is 1.30. The van der Waals surface area contributed by atoms with E-state index in [0.717, 1.165) is 9.99 Å². The molecule has 2 aromatic rings. The summed E-state index contributed by atoms with van der Waals surface area (Å²) in [5.74, 6) is 0. The Morgan fingerprint density at radius 2 is 2.36 bits per heavy atom. The van der Waals surface area contributed by atoms with Crippen LogP contribution < -0.4 is 5.73 Å². The third-order valence-corrected chi connectivity index (χ3v) is 1.99. The second kappa shape index (κ2) is 2.20. The van der Waals surface area contributed by atoms with Crippen molar-refractivity contribution in [3.63, 3.8) is 0 Å². The second-order valence-corrected chi connectivity index (χ2v) is 2.97. The average molecular weight is 213 g/mol. The van der Waals surface area contributed by atoms with Crippen LogP contribution in [-0.4, -0.2) is 15.2 Å². The number of nitrogen functional groups attached to an aromatic ring is 1. The van der Waals surface area contributed by atoms with Gasteiger partial charge in [-0.3, -0.25) is 5.10 Å². The Morgan fingerprint density at radius 3 is 3.18 bits per heavy atom. The van der Waals surface area contributed by atoms with Gasteiger partial charge in [-0.25, -0.2) is 4.98 Å². The molecule has 4 nitrogen and oxygen atoms in total. The largest absolute Gasteiger partial charge is 0.397 e. The highest BCUT2D eigenvalue weighted by Crippen LogP contribution is 2.20. The van der Waals surface area contributed by atoms with Gasteiger partial charge in [0.2, 0.25) is 0 Å². The maximum absolute atomic E-state index is 5.53. The molecule has 0 radical (unpaired) electrons. The number of nitrogens with zero attached hydrogens (tertiary/aromatic N) is 2. The Balaban J connectivity index is 2.87. The monoisotopic (exact) mass is 212 g/mol. The number of hydrogen-bond donors (Lipinski definition) is 2. The van der Waals surface area contributed by atoms with E-state index in [0.29, 0.717) is 11.3 Å². The molecule has 2 aromatic heterocycles. The zero-order valence-corrected chi connectivity index (χ0v) is 7.09. The minimum atomic E-state index is 0.639. The number of halogens is 1. The summed E-state index contributed by atoms with van der Waals surface area (Å²) in [4.78, 5) is 4.00. The van der Waals surface area contributed by atoms with Gasteiger partial charge in [-0.05, 0) is 22.0 Å². The van der Waals surface area contributed by atoms with Crippen LogP contribution in [0.1, 0.15) is 0 Å². The molecule has 3 N–H and O–H groups in total. The number of aromatic amines is 1. The molecular formula is C6H5BrN4. The van der Waals surface area contributed by atoms with E-state index in [1.165, 1.54) is 0 Å². The highest BCUT2D eigenvalue weighted by Gasteiger charge is 2.02. The van der Waals surface area contributed by atoms with Crippen LogP contribution in [0.25, 0.3) is 11.0 Å². The van der Waals surface area contributed by atoms with Gasteiger partial charge in [-0.1, -0.05) is 0 Å². The Bertz CT molecular complexity index is 394. The Labute approximate surface area is 70.9 Å². The van der Waals surface area contributed by atoms with Crippen molar-refractivity contribution < 1.29 is 0 Å². The van der Waals surface area contributed by atoms with Crippen LogP contribution in [0.2, 0.25) is 0 Å². The van der Waals surface area contributed by atoms with E-state index in [2.05, 4.69) is 31.1 Å². The number of pyridine rings is 1. The highest BCUT2D eigenvalue weighted by atomic mass is 79.9. The van der Waals surface area contributed by atoms with Crippen molar-refractivity contribution in [1.29, 1.82) is 0 Å². The molecule has 0 spiro atoms. The van der Waals surface area contributed by atoms with Gasteiger partial charge in [0.25, 0.3) is 0 Å². The Morgan fingerprint density at radius 1 is 1.55 bits per heavy atom. The van der Waals surface area contributed by atoms with Crippen LogP contribution in [0.5, 0.6) is 0 Å². The lowest BCUT2D eigenvalue weighted by Crippen LogP contribution is -1.85. The SMILES string of the molecule is Nc1cnc2n[nH]c(Br)c2c1. The molecule has 56 valence electrons. The summed E-state index contributed by atoms with van der Waals surface area (Å²) >= 11 is 3.29. The summed E-state index contributed by atoms with van der Waals surface area (Å²) in [5.41, 5.74) is 6.84. The maximum Gasteiger partial charge on any atom is 0.182 e.